The minimum atomic E-state index is -0.918. The summed E-state index contributed by atoms with van der Waals surface area (Å²) in [6.45, 7) is 1.72. The van der Waals surface area contributed by atoms with Crippen LogP contribution in [0, 0.1) is 0 Å². The Hall–Kier alpha value is -1.71. The Morgan fingerprint density at radius 3 is 3.00 bits per heavy atom. The molecule has 4 nitrogen and oxygen atoms in total. The first-order valence-corrected chi connectivity index (χ1v) is 5.14. The largest absolute Gasteiger partial charge is 0.508 e. The molecule has 0 spiro atoms. The molecule has 4 heteroatoms. The molecule has 1 aliphatic rings. The monoisotopic (exact) mass is 222 g/mol. The SMILES string of the molecule is COC(=O)C1(C)CCc2cc(O)ccc2O1. The van der Waals surface area contributed by atoms with E-state index in [-0.39, 0.29) is 11.7 Å². The lowest BCUT2D eigenvalue weighted by molar-refractivity contribution is -0.159. The van der Waals surface area contributed by atoms with Crippen molar-refractivity contribution in [1.29, 1.82) is 0 Å². The number of hydrogen-bond acceptors (Lipinski definition) is 4. The molecule has 1 aliphatic heterocycles. The van der Waals surface area contributed by atoms with Gasteiger partial charge in [-0.25, -0.2) is 4.79 Å². The lowest BCUT2D eigenvalue weighted by Crippen LogP contribution is -2.45. The number of aryl methyl sites for hydroxylation is 1. The van der Waals surface area contributed by atoms with Crippen LogP contribution < -0.4 is 4.74 Å². The molecule has 0 aliphatic carbocycles. The fourth-order valence-electron chi connectivity index (χ4n) is 1.89. The van der Waals surface area contributed by atoms with Crippen molar-refractivity contribution in [2.24, 2.45) is 0 Å². The number of phenols is 1. The normalized spacial score (nSPS) is 23.1. The second-order valence-electron chi connectivity index (χ2n) is 4.12. The maximum Gasteiger partial charge on any atom is 0.349 e. The number of carbonyl (C=O) groups is 1. The van der Waals surface area contributed by atoms with Crippen LogP contribution in [0.3, 0.4) is 0 Å². The number of fused-ring (bicyclic) bond motifs is 1. The number of hydrogen-bond donors (Lipinski definition) is 1. The maximum atomic E-state index is 11.6. The lowest BCUT2D eigenvalue weighted by atomic mass is 9.92. The van der Waals surface area contributed by atoms with Crippen molar-refractivity contribution in [3.8, 4) is 11.5 Å². The van der Waals surface area contributed by atoms with E-state index in [1.54, 1.807) is 25.1 Å². The Balaban J connectivity index is 2.30. The molecule has 1 heterocycles. The summed E-state index contributed by atoms with van der Waals surface area (Å²) < 4.78 is 10.4. The first-order valence-electron chi connectivity index (χ1n) is 5.14. The molecule has 1 aromatic rings. The van der Waals surface area contributed by atoms with Gasteiger partial charge in [-0.15, -0.1) is 0 Å². The Bertz CT molecular complexity index is 427. The Kier molecular flexibility index (Phi) is 2.50. The highest BCUT2D eigenvalue weighted by molar-refractivity contribution is 5.80. The third kappa shape index (κ3) is 1.71. The molecular weight excluding hydrogens is 208 g/mol. The molecule has 0 amide bonds. The summed E-state index contributed by atoms with van der Waals surface area (Å²) in [4.78, 5) is 11.6. The summed E-state index contributed by atoms with van der Waals surface area (Å²) in [6, 6.07) is 4.87. The van der Waals surface area contributed by atoms with Gasteiger partial charge < -0.3 is 14.6 Å². The number of ether oxygens (including phenoxy) is 2. The predicted molar refractivity (Wildman–Crippen MR) is 57.5 cm³/mol. The molecule has 1 N–H and O–H groups in total. The molecule has 16 heavy (non-hydrogen) atoms. The van der Waals surface area contributed by atoms with Crippen LogP contribution in [0.5, 0.6) is 11.5 Å². The van der Waals surface area contributed by atoms with Gasteiger partial charge in [0.05, 0.1) is 7.11 Å². The highest BCUT2D eigenvalue weighted by Gasteiger charge is 2.40. The van der Waals surface area contributed by atoms with E-state index in [1.165, 1.54) is 7.11 Å². The molecule has 1 unspecified atom stereocenters. The summed E-state index contributed by atoms with van der Waals surface area (Å²) in [5, 5.41) is 9.33. The van der Waals surface area contributed by atoms with E-state index in [0.29, 0.717) is 18.6 Å². The quantitative estimate of drug-likeness (QED) is 0.734. The highest BCUT2D eigenvalue weighted by Crippen LogP contribution is 2.35. The predicted octanol–water partition coefficient (Wildman–Crippen LogP) is 1.65. The number of aromatic hydroxyl groups is 1. The maximum absolute atomic E-state index is 11.6. The van der Waals surface area contributed by atoms with Crippen molar-refractivity contribution < 1.29 is 19.4 Å². The van der Waals surface area contributed by atoms with E-state index in [9.17, 15) is 9.90 Å². The molecule has 86 valence electrons. The zero-order chi connectivity index (χ0) is 11.8. The fourth-order valence-corrected chi connectivity index (χ4v) is 1.89. The van der Waals surface area contributed by atoms with Crippen LogP contribution in [0.4, 0.5) is 0 Å². The fraction of sp³-hybridized carbons (Fsp3) is 0.417. The van der Waals surface area contributed by atoms with Gasteiger partial charge in [-0.1, -0.05) is 0 Å². The molecule has 1 aromatic carbocycles. The van der Waals surface area contributed by atoms with E-state index in [0.717, 1.165) is 5.56 Å². The Morgan fingerprint density at radius 2 is 2.31 bits per heavy atom. The Morgan fingerprint density at radius 1 is 1.56 bits per heavy atom. The Labute approximate surface area is 93.8 Å². The van der Waals surface area contributed by atoms with Crippen LogP contribution in [0.1, 0.15) is 18.9 Å². The molecule has 0 bridgehead atoms. The van der Waals surface area contributed by atoms with Crippen molar-refractivity contribution in [3.05, 3.63) is 23.8 Å². The number of methoxy groups -OCH3 is 1. The summed E-state index contributed by atoms with van der Waals surface area (Å²) in [5.74, 6) is 0.479. The highest BCUT2D eigenvalue weighted by atomic mass is 16.6. The van der Waals surface area contributed by atoms with Crippen LogP contribution in [0.25, 0.3) is 0 Å². The van der Waals surface area contributed by atoms with Gasteiger partial charge >= 0.3 is 5.97 Å². The molecule has 0 aromatic heterocycles. The van der Waals surface area contributed by atoms with Crippen LogP contribution in [0.2, 0.25) is 0 Å². The summed E-state index contributed by atoms with van der Waals surface area (Å²) in [7, 11) is 1.35. The van der Waals surface area contributed by atoms with Crippen molar-refractivity contribution in [1.82, 2.24) is 0 Å². The number of esters is 1. The minimum absolute atomic E-state index is 0.212. The number of phenolic OH excluding ortho intramolecular Hbond substituents is 1. The molecule has 2 rings (SSSR count). The third-order valence-corrected chi connectivity index (χ3v) is 2.87. The molecular formula is C12H14O4. The molecule has 0 fully saturated rings. The van der Waals surface area contributed by atoms with Crippen LogP contribution >= 0.6 is 0 Å². The minimum Gasteiger partial charge on any atom is -0.508 e. The molecule has 0 saturated carbocycles. The summed E-state index contributed by atoms with van der Waals surface area (Å²) >= 11 is 0. The van der Waals surface area contributed by atoms with E-state index in [4.69, 9.17) is 9.47 Å². The number of benzene rings is 1. The topological polar surface area (TPSA) is 55.8 Å². The van der Waals surface area contributed by atoms with Gasteiger partial charge in [0.1, 0.15) is 11.5 Å². The van der Waals surface area contributed by atoms with Gasteiger partial charge in [-0.05, 0) is 37.1 Å². The summed E-state index contributed by atoms with van der Waals surface area (Å²) in [5.41, 5.74) is 0.00000850. The van der Waals surface area contributed by atoms with Crippen LogP contribution in [-0.2, 0) is 16.0 Å². The van der Waals surface area contributed by atoms with E-state index in [1.807, 2.05) is 0 Å². The molecule has 0 saturated heterocycles. The number of carbonyl (C=O) groups excluding carboxylic acids is 1. The van der Waals surface area contributed by atoms with Crippen molar-refractivity contribution in [3.63, 3.8) is 0 Å². The van der Waals surface area contributed by atoms with E-state index in [2.05, 4.69) is 0 Å². The van der Waals surface area contributed by atoms with Gasteiger partial charge in [0.25, 0.3) is 0 Å². The van der Waals surface area contributed by atoms with E-state index < -0.39 is 5.60 Å². The first kappa shape index (κ1) is 10.8. The van der Waals surface area contributed by atoms with Gasteiger partial charge in [-0.3, -0.25) is 0 Å². The van der Waals surface area contributed by atoms with Crippen molar-refractivity contribution >= 4 is 5.97 Å². The van der Waals surface area contributed by atoms with Gasteiger partial charge in [0, 0.05) is 6.42 Å². The zero-order valence-corrected chi connectivity index (χ0v) is 9.32. The van der Waals surface area contributed by atoms with Crippen LogP contribution in [-0.4, -0.2) is 23.8 Å². The second-order valence-corrected chi connectivity index (χ2v) is 4.12. The smallest absolute Gasteiger partial charge is 0.349 e. The third-order valence-electron chi connectivity index (χ3n) is 2.87. The van der Waals surface area contributed by atoms with Gasteiger partial charge in [0.2, 0.25) is 5.60 Å². The average molecular weight is 222 g/mol. The van der Waals surface area contributed by atoms with Gasteiger partial charge in [-0.2, -0.15) is 0 Å². The van der Waals surface area contributed by atoms with E-state index >= 15 is 0 Å². The lowest BCUT2D eigenvalue weighted by Gasteiger charge is -2.33. The zero-order valence-electron chi connectivity index (χ0n) is 9.32. The standard InChI is InChI=1S/C12H14O4/c1-12(11(14)15-2)6-5-8-7-9(13)3-4-10(8)16-12/h3-4,7,13H,5-6H2,1-2H3. The number of rotatable bonds is 1. The second kappa shape index (κ2) is 3.70. The van der Waals surface area contributed by atoms with Crippen molar-refractivity contribution in [2.75, 3.05) is 7.11 Å². The van der Waals surface area contributed by atoms with Gasteiger partial charge in [0.15, 0.2) is 0 Å². The molecule has 0 radical (unpaired) electrons. The average Bonchev–Trinajstić information content (AvgIpc) is 2.28. The molecule has 1 atom stereocenters. The first-order chi connectivity index (χ1) is 7.55. The van der Waals surface area contributed by atoms with Crippen LogP contribution in [0.15, 0.2) is 18.2 Å². The summed E-state index contributed by atoms with van der Waals surface area (Å²) in [6.07, 6.45) is 1.24. The van der Waals surface area contributed by atoms with Crippen molar-refractivity contribution in [2.45, 2.75) is 25.4 Å².